The lowest BCUT2D eigenvalue weighted by Crippen LogP contribution is -2.27. The van der Waals surface area contributed by atoms with Crippen LogP contribution < -0.4 is 10.0 Å². The molecule has 0 unspecified atom stereocenters. The van der Waals surface area contributed by atoms with Gasteiger partial charge in [-0.15, -0.1) is 0 Å². The van der Waals surface area contributed by atoms with Gasteiger partial charge < -0.3 is 14.6 Å². The molecule has 0 amide bonds. The minimum absolute atomic E-state index is 0.0413. The summed E-state index contributed by atoms with van der Waals surface area (Å²) in [4.78, 5) is 2.32. The van der Waals surface area contributed by atoms with Crippen LogP contribution in [0.3, 0.4) is 0 Å². The van der Waals surface area contributed by atoms with E-state index in [2.05, 4.69) is 35.8 Å². The standard InChI is InChI=1S/C14H27N3O3S/c1-12(2)17(4)10-6-5-9-16-11-13-7-8-14(20-13)21(18,19)15-3/h7-8,12,15-16H,5-6,9-11H2,1-4H3. The molecule has 0 fully saturated rings. The largest absolute Gasteiger partial charge is 0.447 e. The van der Waals surface area contributed by atoms with Gasteiger partial charge in [0.1, 0.15) is 5.76 Å². The first kappa shape index (κ1) is 18.2. The molecule has 0 radical (unpaired) electrons. The Morgan fingerprint density at radius 1 is 1.29 bits per heavy atom. The molecular weight excluding hydrogens is 290 g/mol. The lowest BCUT2D eigenvalue weighted by atomic mass is 10.2. The second kappa shape index (κ2) is 8.53. The molecule has 0 atom stereocenters. The van der Waals surface area contributed by atoms with E-state index >= 15 is 0 Å². The highest BCUT2D eigenvalue weighted by molar-refractivity contribution is 7.89. The summed E-state index contributed by atoms with van der Waals surface area (Å²) < 4.78 is 30.6. The van der Waals surface area contributed by atoms with Gasteiger partial charge >= 0.3 is 0 Å². The molecule has 1 rings (SSSR count). The van der Waals surface area contributed by atoms with Crippen LogP contribution in [0.4, 0.5) is 0 Å². The SMILES string of the molecule is CNS(=O)(=O)c1ccc(CNCCCCN(C)C(C)C)o1. The lowest BCUT2D eigenvalue weighted by Gasteiger charge is -2.20. The summed E-state index contributed by atoms with van der Waals surface area (Å²) in [5.41, 5.74) is 0. The molecule has 2 N–H and O–H groups in total. The third-order valence-electron chi connectivity index (χ3n) is 3.47. The fourth-order valence-corrected chi connectivity index (χ4v) is 2.44. The summed E-state index contributed by atoms with van der Waals surface area (Å²) in [6.45, 7) is 6.89. The predicted molar refractivity (Wildman–Crippen MR) is 83.7 cm³/mol. The van der Waals surface area contributed by atoms with E-state index in [4.69, 9.17) is 4.42 Å². The molecule has 0 bridgehead atoms. The topological polar surface area (TPSA) is 74.6 Å². The van der Waals surface area contributed by atoms with Crippen LogP contribution in [0.5, 0.6) is 0 Å². The van der Waals surface area contributed by atoms with Gasteiger partial charge in [-0.2, -0.15) is 0 Å². The first-order valence-corrected chi connectivity index (χ1v) is 8.78. The molecule has 6 nitrogen and oxygen atoms in total. The molecule has 0 aliphatic heterocycles. The van der Waals surface area contributed by atoms with Gasteiger partial charge in [0, 0.05) is 6.04 Å². The molecular formula is C14H27N3O3S. The Morgan fingerprint density at radius 2 is 2.00 bits per heavy atom. The second-order valence-electron chi connectivity index (χ2n) is 5.39. The van der Waals surface area contributed by atoms with E-state index in [1.807, 2.05) is 0 Å². The number of hydrogen-bond acceptors (Lipinski definition) is 5. The molecule has 0 aromatic carbocycles. The number of unbranched alkanes of at least 4 members (excludes halogenated alkanes) is 1. The molecule has 0 aliphatic carbocycles. The average Bonchev–Trinajstić information content (AvgIpc) is 2.91. The Balaban J connectivity index is 2.22. The van der Waals surface area contributed by atoms with E-state index in [0.717, 1.165) is 25.9 Å². The highest BCUT2D eigenvalue weighted by Gasteiger charge is 2.15. The summed E-state index contributed by atoms with van der Waals surface area (Å²) >= 11 is 0. The van der Waals surface area contributed by atoms with Crippen LogP contribution in [-0.4, -0.2) is 46.5 Å². The monoisotopic (exact) mass is 317 g/mol. The smallest absolute Gasteiger partial charge is 0.273 e. The van der Waals surface area contributed by atoms with Gasteiger partial charge in [-0.05, 0) is 66.0 Å². The van der Waals surface area contributed by atoms with Crippen molar-refractivity contribution < 1.29 is 12.8 Å². The third kappa shape index (κ3) is 6.17. The van der Waals surface area contributed by atoms with Crippen molar-refractivity contribution in [2.45, 2.75) is 44.4 Å². The van der Waals surface area contributed by atoms with E-state index in [9.17, 15) is 8.42 Å². The Kier molecular flexibility index (Phi) is 7.37. The number of sulfonamides is 1. The van der Waals surface area contributed by atoms with Gasteiger partial charge in [0.15, 0.2) is 0 Å². The van der Waals surface area contributed by atoms with Crippen LogP contribution >= 0.6 is 0 Å². The highest BCUT2D eigenvalue weighted by atomic mass is 32.2. The van der Waals surface area contributed by atoms with Crippen molar-refractivity contribution in [1.82, 2.24) is 14.9 Å². The van der Waals surface area contributed by atoms with Crippen LogP contribution in [0, 0.1) is 0 Å². The van der Waals surface area contributed by atoms with E-state index in [1.54, 1.807) is 6.07 Å². The maximum Gasteiger partial charge on any atom is 0.273 e. The van der Waals surface area contributed by atoms with E-state index in [1.165, 1.54) is 13.1 Å². The Bertz CT molecular complexity index is 511. The number of nitrogens with zero attached hydrogens (tertiary/aromatic N) is 1. The van der Waals surface area contributed by atoms with Gasteiger partial charge in [0.2, 0.25) is 5.09 Å². The van der Waals surface area contributed by atoms with Crippen molar-refractivity contribution in [3.8, 4) is 0 Å². The van der Waals surface area contributed by atoms with Crippen LogP contribution in [0.15, 0.2) is 21.6 Å². The summed E-state index contributed by atoms with van der Waals surface area (Å²) in [7, 11) is 0.0104. The maximum atomic E-state index is 11.5. The van der Waals surface area contributed by atoms with Crippen LogP contribution in [0.25, 0.3) is 0 Å². The molecule has 0 saturated heterocycles. The van der Waals surface area contributed by atoms with Crippen molar-refractivity contribution in [2.75, 3.05) is 27.2 Å². The molecule has 1 aromatic rings. The van der Waals surface area contributed by atoms with Gasteiger partial charge in [0.25, 0.3) is 10.0 Å². The van der Waals surface area contributed by atoms with Crippen LogP contribution in [0.2, 0.25) is 0 Å². The van der Waals surface area contributed by atoms with Gasteiger partial charge in [0.05, 0.1) is 6.54 Å². The average molecular weight is 317 g/mol. The normalized spacial score (nSPS) is 12.5. The summed E-state index contributed by atoms with van der Waals surface area (Å²) in [5, 5.41) is 3.22. The maximum absolute atomic E-state index is 11.5. The number of rotatable bonds is 10. The van der Waals surface area contributed by atoms with Gasteiger partial charge in [-0.1, -0.05) is 0 Å². The lowest BCUT2D eigenvalue weighted by molar-refractivity contribution is 0.267. The first-order chi connectivity index (χ1) is 9.86. The fraction of sp³-hybridized carbons (Fsp3) is 0.714. The molecule has 1 aromatic heterocycles. The van der Waals surface area contributed by atoms with Gasteiger partial charge in [-0.25, -0.2) is 13.1 Å². The molecule has 21 heavy (non-hydrogen) atoms. The highest BCUT2D eigenvalue weighted by Crippen LogP contribution is 2.13. The quantitative estimate of drug-likeness (QED) is 0.638. The van der Waals surface area contributed by atoms with Crippen LogP contribution in [0.1, 0.15) is 32.4 Å². The number of hydrogen-bond donors (Lipinski definition) is 2. The van der Waals surface area contributed by atoms with E-state index in [0.29, 0.717) is 18.3 Å². The van der Waals surface area contributed by atoms with Gasteiger partial charge in [-0.3, -0.25) is 0 Å². The van der Waals surface area contributed by atoms with Crippen molar-refractivity contribution >= 4 is 10.0 Å². The summed E-state index contributed by atoms with van der Waals surface area (Å²) in [5.74, 6) is 0.628. The molecule has 0 spiro atoms. The third-order valence-corrected chi connectivity index (χ3v) is 4.75. The zero-order chi connectivity index (χ0) is 15.9. The molecule has 122 valence electrons. The summed E-state index contributed by atoms with van der Waals surface area (Å²) in [6.07, 6.45) is 2.22. The molecule has 0 saturated carbocycles. The zero-order valence-electron chi connectivity index (χ0n) is 13.3. The Labute approximate surface area is 127 Å². The van der Waals surface area contributed by atoms with Crippen molar-refractivity contribution in [3.05, 3.63) is 17.9 Å². The van der Waals surface area contributed by atoms with Crippen LogP contribution in [-0.2, 0) is 16.6 Å². The minimum Gasteiger partial charge on any atom is -0.447 e. The van der Waals surface area contributed by atoms with E-state index in [-0.39, 0.29) is 5.09 Å². The van der Waals surface area contributed by atoms with Crippen molar-refractivity contribution in [2.24, 2.45) is 0 Å². The minimum atomic E-state index is -3.48. The number of furan rings is 1. The fourth-order valence-electron chi connectivity index (χ4n) is 1.78. The predicted octanol–water partition coefficient (Wildman–Crippen LogP) is 1.40. The first-order valence-electron chi connectivity index (χ1n) is 7.30. The molecule has 0 aliphatic rings. The zero-order valence-corrected chi connectivity index (χ0v) is 14.2. The second-order valence-corrected chi connectivity index (χ2v) is 7.20. The molecule has 7 heteroatoms. The van der Waals surface area contributed by atoms with E-state index < -0.39 is 10.0 Å². The Hall–Kier alpha value is -0.890. The summed E-state index contributed by atoms with van der Waals surface area (Å²) in [6, 6.07) is 3.73. The molecule has 1 heterocycles. The number of nitrogens with one attached hydrogen (secondary N) is 2. The van der Waals surface area contributed by atoms with Crippen molar-refractivity contribution in [1.29, 1.82) is 0 Å². The van der Waals surface area contributed by atoms with Crippen molar-refractivity contribution in [3.63, 3.8) is 0 Å². The Morgan fingerprint density at radius 3 is 2.62 bits per heavy atom.